The van der Waals surface area contributed by atoms with Gasteiger partial charge in [-0.1, -0.05) is 13.8 Å². The van der Waals surface area contributed by atoms with E-state index in [4.69, 9.17) is 4.74 Å². The fourth-order valence-corrected chi connectivity index (χ4v) is 2.70. The Morgan fingerprint density at radius 1 is 1.23 bits per heavy atom. The highest BCUT2D eigenvalue weighted by Crippen LogP contribution is 2.51. The molecular weight excluding hydrogens is 391 g/mol. The minimum atomic E-state index is -0.0582. The second kappa shape index (κ2) is 8.15. The van der Waals surface area contributed by atoms with Crippen molar-refractivity contribution in [2.45, 2.75) is 65.1 Å². The smallest absolute Gasteiger partial charge is 0.191 e. The van der Waals surface area contributed by atoms with Gasteiger partial charge >= 0.3 is 0 Å². The van der Waals surface area contributed by atoms with Crippen molar-refractivity contribution in [1.82, 2.24) is 16.0 Å². The second-order valence-corrected chi connectivity index (χ2v) is 7.73. The number of hydrogen-bond donors (Lipinski definition) is 3. The lowest BCUT2D eigenvalue weighted by Crippen LogP contribution is -2.69. The summed E-state index contributed by atoms with van der Waals surface area (Å²) in [6.07, 6.45) is 0.997. The highest BCUT2D eigenvalue weighted by atomic mass is 127. The number of guanidine groups is 1. The fourth-order valence-electron chi connectivity index (χ4n) is 2.70. The van der Waals surface area contributed by atoms with Gasteiger partial charge in [0.25, 0.3) is 0 Å². The molecule has 0 aromatic heterocycles. The molecule has 1 aliphatic carbocycles. The first-order chi connectivity index (χ1) is 9.55. The molecular formula is C16H35IN4O. The summed E-state index contributed by atoms with van der Waals surface area (Å²) in [5.74, 6) is 0.863. The molecule has 0 bridgehead atoms. The standard InChI is InChI=1S/C16H34N4O.HI/c1-14(2,3)19-10-9-18-13(17-7)20-12-11-16(6,21-8)15(12,4)5;/h12,19H,9-11H2,1-8H3,(H2,17,18,20);1H. The normalized spacial score (nSPS) is 27.6. The van der Waals surface area contributed by atoms with Crippen molar-refractivity contribution in [1.29, 1.82) is 0 Å². The van der Waals surface area contributed by atoms with Gasteiger partial charge in [-0.2, -0.15) is 0 Å². The molecule has 22 heavy (non-hydrogen) atoms. The maximum atomic E-state index is 5.66. The number of methoxy groups -OCH3 is 1. The summed E-state index contributed by atoms with van der Waals surface area (Å²) >= 11 is 0. The minimum Gasteiger partial charge on any atom is -0.378 e. The second-order valence-electron chi connectivity index (χ2n) is 7.73. The van der Waals surface area contributed by atoms with Crippen LogP contribution in [0.2, 0.25) is 0 Å². The molecule has 1 rings (SSSR count). The van der Waals surface area contributed by atoms with E-state index in [9.17, 15) is 0 Å². The molecule has 3 N–H and O–H groups in total. The van der Waals surface area contributed by atoms with Gasteiger partial charge in [-0.25, -0.2) is 0 Å². The molecule has 0 aromatic carbocycles. The quantitative estimate of drug-likeness (QED) is 0.274. The van der Waals surface area contributed by atoms with Gasteiger partial charge in [0, 0.05) is 44.2 Å². The Bertz CT molecular complexity index is 379. The Hall–Kier alpha value is -0.0800. The van der Waals surface area contributed by atoms with E-state index in [1.807, 2.05) is 7.05 Å². The Morgan fingerprint density at radius 2 is 1.82 bits per heavy atom. The van der Waals surface area contributed by atoms with E-state index in [0.29, 0.717) is 6.04 Å². The first-order valence-electron chi connectivity index (χ1n) is 7.83. The molecule has 2 unspecified atom stereocenters. The Kier molecular flexibility index (Phi) is 8.12. The van der Waals surface area contributed by atoms with Crippen LogP contribution < -0.4 is 16.0 Å². The van der Waals surface area contributed by atoms with Crippen LogP contribution in [0.15, 0.2) is 4.99 Å². The van der Waals surface area contributed by atoms with Crippen molar-refractivity contribution in [3.63, 3.8) is 0 Å². The summed E-state index contributed by atoms with van der Waals surface area (Å²) in [6.45, 7) is 14.9. The van der Waals surface area contributed by atoms with E-state index >= 15 is 0 Å². The molecule has 0 radical (unpaired) electrons. The number of aliphatic imine (C=N–C) groups is 1. The third-order valence-electron chi connectivity index (χ3n) is 4.89. The number of ether oxygens (including phenoxy) is 1. The van der Waals surface area contributed by atoms with Crippen LogP contribution >= 0.6 is 24.0 Å². The summed E-state index contributed by atoms with van der Waals surface area (Å²) in [5.41, 5.74) is 0.176. The topological polar surface area (TPSA) is 57.7 Å². The average molecular weight is 426 g/mol. The zero-order chi connectivity index (χ0) is 16.3. The van der Waals surface area contributed by atoms with E-state index in [1.54, 1.807) is 7.11 Å². The third kappa shape index (κ3) is 5.23. The van der Waals surface area contributed by atoms with Gasteiger partial charge in [-0.05, 0) is 34.1 Å². The Balaban J connectivity index is 0.00000441. The lowest BCUT2D eigenvalue weighted by atomic mass is 9.56. The first-order valence-corrected chi connectivity index (χ1v) is 7.83. The molecule has 2 atom stereocenters. The van der Waals surface area contributed by atoms with Crippen LogP contribution in [0.25, 0.3) is 0 Å². The first kappa shape index (κ1) is 21.9. The molecule has 0 aromatic rings. The summed E-state index contributed by atoms with van der Waals surface area (Å²) in [6, 6.07) is 0.379. The highest BCUT2D eigenvalue weighted by Gasteiger charge is 2.57. The minimum absolute atomic E-state index is 0. The van der Waals surface area contributed by atoms with Crippen LogP contribution in [-0.4, -0.2) is 50.4 Å². The van der Waals surface area contributed by atoms with Crippen molar-refractivity contribution < 1.29 is 4.74 Å². The summed E-state index contributed by atoms with van der Waals surface area (Å²) in [4.78, 5) is 4.31. The van der Waals surface area contributed by atoms with E-state index in [1.165, 1.54) is 0 Å². The zero-order valence-electron chi connectivity index (χ0n) is 15.5. The van der Waals surface area contributed by atoms with Crippen LogP contribution in [-0.2, 0) is 4.74 Å². The lowest BCUT2D eigenvalue weighted by molar-refractivity contribution is -0.176. The van der Waals surface area contributed by atoms with E-state index in [-0.39, 0.29) is 40.5 Å². The van der Waals surface area contributed by atoms with Crippen LogP contribution in [0.3, 0.4) is 0 Å². The van der Waals surface area contributed by atoms with E-state index in [2.05, 4.69) is 62.5 Å². The van der Waals surface area contributed by atoms with Crippen LogP contribution in [0.4, 0.5) is 0 Å². The monoisotopic (exact) mass is 426 g/mol. The van der Waals surface area contributed by atoms with Crippen LogP contribution in [0.1, 0.15) is 48.0 Å². The van der Waals surface area contributed by atoms with Gasteiger partial charge in [0.05, 0.1) is 5.60 Å². The maximum absolute atomic E-state index is 5.66. The SMILES string of the molecule is CN=C(NCCNC(C)(C)C)NC1CC(C)(OC)C1(C)C.I. The number of hydrogen-bond acceptors (Lipinski definition) is 3. The van der Waals surface area contributed by atoms with Crippen molar-refractivity contribution in [2.24, 2.45) is 10.4 Å². The van der Waals surface area contributed by atoms with Gasteiger partial charge in [0.15, 0.2) is 5.96 Å². The van der Waals surface area contributed by atoms with E-state index < -0.39 is 0 Å². The molecule has 0 aliphatic heterocycles. The number of halogens is 1. The van der Waals surface area contributed by atoms with Crippen molar-refractivity contribution in [3.8, 4) is 0 Å². The van der Waals surface area contributed by atoms with Crippen molar-refractivity contribution in [2.75, 3.05) is 27.2 Å². The van der Waals surface area contributed by atoms with Gasteiger partial charge in [0.2, 0.25) is 0 Å². The largest absolute Gasteiger partial charge is 0.378 e. The predicted octanol–water partition coefficient (Wildman–Crippen LogP) is 2.36. The fraction of sp³-hybridized carbons (Fsp3) is 0.938. The number of rotatable bonds is 5. The third-order valence-corrected chi connectivity index (χ3v) is 4.89. The number of nitrogens with one attached hydrogen (secondary N) is 3. The van der Waals surface area contributed by atoms with Gasteiger partial charge in [-0.15, -0.1) is 24.0 Å². The van der Waals surface area contributed by atoms with Gasteiger partial charge in [0.1, 0.15) is 0 Å². The molecule has 1 saturated carbocycles. The van der Waals surface area contributed by atoms with Crippen LogP contribution in [0, 0.1) is 5.41 Å². The molecule has 0 heterocycles. The molecule has 6 heteroatoms. The molecule has 5 nitrogen and oxygen atoms in total. The predicted molar refractivity (Wildman–Crippen MR) is 105 cm³/mol. The molecule has 1 aliphatic rings. The van der Waals surface area contributed by atoms with Gasteiger partial charge < -0.3 is 20.7 Å². The van der Waals surface area contributed by atoms with Gasteiger partial charge in [-0.3, -0.25) is 4.99 Å². The van der Waals surface area contributed by atoms with E-state index in [0.717, 1.165) is 25.5 Å². The van der Waals surface area contributed by atoms with Crippen LogP contribution in [0.5, 0.6) is 0 Å². The molecule has 1 fully saturated rings. The maximum Gasteiger partial charge on any atom is 0.191 e. The van der Waals surface area contributed by atoms with Crippen molar-refractivity contribution >= 4 is 29.9 Å². The Morgan fingerprint density at radius 3 is 2.23 bits per heavy atom. The molecule has 0 saturated heterocycles. The van der Waals surface area contributed by atoms with Crippen molar-refractivity contribution in [3.05, 3.63) is 0 Å². The molecule has 0 amide bonds. The Labute approximate surface area is 153 Å². The zero-order valence-corrected chi connectivity index (χ0v) is 17.8. The molecule has 132 valence electrons. The molecule has 0 spiro atoms. The summed E-state index contributed by atoms with van der Waals surface area (Å²) < 4.78 is 5.66. The summed E-state index contributed by atoms with van der Waals surface area (Å²) in [5, 5.41) is 10.3. The highest BCUT2D eigenvalue weighted by molar-refractivity contribution is 14.0. The summed E-state index contributed by atoms with van der Waals surface area (Å²) in [7, 11) is 3.61. The average Bonchev–Trinajstić information content (AvgIpc) is 2.39. The lowest BCUT2D eigenvalue weighted by Gasteiger charge is -2.59. The number of nitrogens with zero attached hydrogens (tertiary/aromatic N) is 1.